The number of halogens is 1. The topological polar surface area (TPSA) is 110 Å². The highest BCUT2D eigenvalue weighted by molar-refractivity contribution is 9.10. The zero-order valence-corrected chi connectivity index (χ0v) is 22.0. The number of nitrogens with zero attached hydrogens (tertiary/aromatic N) is 2. The summed E-state index contributed by atoms with van der Waals surface area (Å²) in [6.45, 7) is 1.52. The maximum Gasteiger partial charge on any atom is 0.294 e. The molecule has 0 aliphatic carbocycles. The number of amides is 3. The Morgan fingerprint density at radius 1 is 1.11 bits per heavy atom. The van der Waals surface area contributed by atoms with E-state index in [1.165, 1.54) is 23.9 Å². The van der Waals surface area contributed by atoms with E-state index in [1.54, 1.807) is 36.4 Å². The highest BCUT2D eigenvalue weighted by atomic mass is 79.9. The number of carbonyl (C=O) groups excluding carboxylic acids is 3. The minimum absolute atomic E-state index is 0.0877. The second kappa shape index (κ2) is 11.1. The van der Waals surface area contributed by atoms with Crippen molar-refractivity contribution in [1.29, 1.82) is 0 Å². The predicted octanol–water partition coefficient (Wildman–Crippen LogP) is 6.49. The molecular formula is C25H18BrN3O5S2. The van der Waals surface area contributed by atoms with Gasteiger partial charge in [0.15, 0.2) is 0 Å². The molecule has 3 aromatic rings. The Balaban J connectivity index is 1.49. The minimum Gasteiger partial charge on any atom is -0.325 e. The molecule has 1 saturated heterocycles. The lowest BCUT2D eigenvalue weighted by Gasteiger charge is -2.12. The van der Waals surface area contributed by atoms with Crippen LogP contribution in [0.15, 0.2) is 85.9 Å². The zero-order valence-electron chi connectivity index (χ0n) is 18.8. The summed E-state index contributed by atoms with van der Waals surface area (Å²) < 4.78 is 0.846. The van der Waals surface area contributed by atoms with E-state index >= 15 is 0 Å². The van der Waals surface area contributed by atoms with Gasteiger partial charge >= 0.3 is 0 Å². The lowest BCUT2D eigenvalue weighted by Crippen LogP contribution is -2.36. The van der Waals surface area contributed by atoms with Gasteiger partial charge in [-0.05, 0) is 72.8 Å². The molecule has 0 spiro atoms. The number of anilines is 1. The fraction of sp³-hybridized carbons (Fsp3) is 0.0800. The third-order valence-electron chi connectivity index (χ3n) is 5.03. The van der Waals surface area contributed by atoms with Crippen molar-refractivity contribution in [1.82, 2.24) is 4.90 Å². The summed E-state index contributed by atoms with van der Waals surface area (Å²) in [6.07, 6.45) is 1.42. The number of nitrogens with one attached hydrogen (secondary N) is 1. The first-order chi connectivity index (χ1) is 17.2. The van der Waals surface area contributed by atoms with Crippen molar-refractivity contribution in [3.05, 3.63) is 97.3 Å². The minimum atomic E-state index is -0.628. The Kier molecular flexibility index (Phi) is 7.92. The quantitative estimate of drug-likeness (QED) is 0.192. The Morgan fingerprint density at radius 3 is 2.47 bits per heavy atom. The van der Waals surface area contributed by atoms with Crippen LogP contribution in [0.1, 0.15) is 11.1 Å². The van der Waals surface area contributed by atoms with Crippen molar-refractivity contribution in [2.24, 2.45) is 0 Å². The van der Waals surface area contributed by atoms with Gasteiger partial charge in [0.1, 0.15) is 6.54 Å². The van der Waals surface area contributed by atoms with Gasteiger partial charge < -0.3 is 5.32 Å². The van der Waals surface area contributed by atoms with Crippen LogP contribution in [-0.4, -0.2) is 33.4 Å². The van der Waals surface area contributed by atoms with Crippen LogP contribution < -0.4 is 5.32 Å². The van der Waals surface area contributed by atoms with E-state index < -0.39 is 28.5 Å². The lowest BCUT2D eigenvalue weighted by molar-refractivity contribution is -0.387. The Hall–Kier alpha value is -3.41. The molecule has 0 aromatic heterocycles. The largest absolute Gasteiger partial charge is 0.325 e. The van der Waals surface area contributed by atoms with Crippen LogP contribution in [0.2, 0.25) is 0 Å². The number of nitro groups is 1. The van der Waals surface area contributed by atoms with Gasteiger partial charge in [-0.3, -0.25) is 29.4 Å². The summed E-state index contributed by atoms with van der Waals surface area (Å²) in [4.78, 5) is 51.0. The van der Waals surface area contributed by atoms with Crippen LogP contribution in [0.25, 0.3) is 6.08 Å². The molecule has 3 aromatic carbocycles. The number of rotatable bonds is 7. The molecule has 1 heterocycles. The van der Waals surface area contributed by atoms with Gasteiger partial charge in [0.25, 0.3) is 16.8 Å². The lowest BCUT2D eigenvalue weighted by atomic mass is 10.2. The first-order valence-electron chi connectivity index (χ1n) is 10.5. The third-order valence-corrected chi connectivity index (χ3v) is 7.54. The zero-order chi connectivity index (χ0) is 25.8. The average Bonchev–Trinajstić information content (AvgIpc) is 3.10. The number of thioether (sulfide) groups is 1. The molecule has 0 bridgehead atoms. The predicted molar refractivity (Wildman–Crippen MR) is 144 cm³/mol. The second-order valence-electron chi connectivity index (χ2n) is 7.72. The van der Waals surface area contributed by atoms with Gasteiger partial charge in [-0.1, -0.05) is 51.5 Å². The average molecular weight is 584 g/mol. The van der Waals surface area contributed by atoms with Crippen LogP contribution in [0.5, 0.6) is 0 Å². The molecule has 36 heavy (non-hydrogen) atoms. The van der Waals surface area contributed by atoms with Gasteiger partial charge in [0.2, 0.25) is 5.91 Å². The van der Waals surface area contributed by atoms with E-state index in [1.807, 2.05) is 31.2 Å². The smallest absolute Gasteiger partial charge is 0.294 e. The maximum absolute atomic E-state index is 12.8. The summed E-state index contributed by atoms with van der Waals surface area (Å²) in [5.74, 6) is -1.15. The summed E-state index contributed by atoms with van der Waals surface area (Å²) >= 11 is 5.26. The van der Waals surface area contributed by atoms with E-state index in [0.29, 0.717) is 27.9 Å². The molecule has 1 N–H and O–H groups in total. The number of hydrogen-bond donors (Lipinski definition) is 1. The molecule has 1 fully saturated rings. The normalized spacial score (nSPS) is 14.4. The van der Waals surface area contributed by atoms with Crippen molar-refractivity contribution in [2.75, 3.05) is 11.9 Å². The molecule has 0 atom stereocenters. The van der Waals surface area contributed by atoms with Crippen LogP contribution >= 0.6 is 39.5 Å². The molecule has 0 unspecified atom stereocenters. The molecular weight excluding hydrogens is 566 g/mol. The number of imide groups is 1. The Bertz CT molecular complexity index is 1390. The first kappa shape index (κ1) is 25.7. The van der Waals surface area contributed by atoms with Gasteiger partial charge in [0, 0.05) is 21.1 Å². The standard InChI is InChI=1S/C25H18BrN3O5S2/c1-15-2-9-19(10-3-15)35-21-11-4-16(12-20(21)29(33)34)13-22-24(31)28(25(32)36-22)14-23(30)27-18-7-5-17(26)6-8-18/h2-13H,14H2,1H3,(H,27,30)/b22-13-. The maximum atomic E-state index is 12.8. The van der Waals surface area contributed by atoms with Crippen molar-refractivity contribution in [3.8, 4) is 0 Å². The number of hydrogen-bond acceptors (Lipinski definition) is 7. The van der Waals surface area contributed by atoms with Gasteiger partial charge in [-0.15, -0.1) is 0 Å². The third kappa shape index (κ3) is 6.23. The van der Waals surface area contributed by atoms with Gasteiger partial charge in [0.05, 0.1) is 14.7 Å². The number of aryl methyl sites for hydroxylation is 1. The second-order valence-corrected chi connectivity index (χ2v) is 10.7. The number of nitro benzene ring substituents is 1. The van der Waals surface area contributed by atoms with Crippen LogP contribution in [0, 0.1) is 17.0 Å². The van der Waals surface area contributed by atoms with Crippen molar-refractivity contribution >= 4 is 74.0 Å². The van der Waals surface area contributed by atoms with Crippen molar-refractivity contribution in [2.45, 2.75) is 16.7 Å². The number of carbonyl (C=O) groups is 3. The fourth-order valence-electron chi connectivity index (χ4n) is 3.25. The number of benzene rings is 3. The summed E-state index contributed by atoms with van der Waals surface area (Å²) in [5.41, 5.74) is 1.91. The van der Waals surface area contributed by atoms with E-state index in [9.17, 15) is 24.5 Å². The molecule has 1 aliphatic rings. The van der Waals surface area contributed by atoms with Gasteiger partial charge in [-0.25, -0.2) is 0 Å². The van der Waals surface area contributed by atoms with Crippen molar-refractivity contribution in [3.63, 3.8) is 0 Å². The molecule has 182 valence electrons. The summed E-state index contributed by atoms with van der Waals surface area (Å²) in [7, 11) is 0. The highest BCUT2D eigenvalue weighted by Gasteiger charge is 2.36. The molecule has 3 amide bonds. The molecule has 11 heteroatoms. The van der Waals surface area contributed by atoms with Crippen LogP contribution in [0.3, 0.4) is 0 Å². The summed E-state index contributed by atoms with van der Waals surface area (Å²) in [5, 5.41) is 13.8. The molecule has 1 aliphatic heterocycles. The molecule has 8 nitrogen and oxygen atoms in total. The fourth-order valence-corrected chi connectivity index (χ4v) is 5.25. The highest BCUT2D eigenvalue weighted by Crippen LogP contribution is 2.37. The SMILES string of the molecule is Cc1ccc(Sc2ccc(/C=C3\SC(=O)N(CC(=O)Nc4ccc(Br)cc4)C3=O)cc2[N+](=O)[O-])cc1. The van der Waals surface area contributed by atoms with E-state index in [0.717, 1.165) is 19.8 Å². The van der Waals surface area contributed by atoms with Crippen LogP contribution in [-0.2, 0) is 9.59 Å². The first-order valence-corrected chi connectivity index (χ1v) is 13.0. The van der Waals surface area contributed by atoms with Crippen LogP contribution in [0.4, 0.5) is 16.2 Å². The Morgan fingerprint density at radius 2 is 1.81 bits per heavy atom. The van der Waals surface area contributed by atoms with E-state index in [-0.39, 0.29) is 10.6 Å². The van der Waals surface area contributed by atoms with Crippen molar-refractivity contribution < 1.29 is 19.3 Å². The monoisotopic (exact) mass is 583 g/mol. The molecule has 0 radical (unpaired) electrons. The Labute approximate surface area is 223 Å². The summed E-state index contributed by atoms with van der Waals surface area (Å²) in [6, 6.07) is 19.1. The van der Waals surface area contributed by atoms with Gasteiger partial charge in [-0.2, -0.15) is 0 Å². The van der Waals surface area contributed by atoms with E-state index in [4.69, 9.17) is 0 Å². The molecule has 0 saturated carbocycles. The molecule has 4 rings (SSSR count). The van der Waals surface area contributed by atoms with E-state index in [2.05, 4.69) is 21.2 Å².